The molecule has 1 aliphatic heterocycles. The van der Waals surface area contributed by atoms with Gasteiger partial charge in [-0.25, -0.2) is 4.98 Å². The van der Waals surface area contributed by atoms with Gasteiger partial charge in [-0.3, -0.25) is 19.4 Å². The Hall–Kier alpha value is -2.16. The van der Waals surface area contributed by atoms with Crippen molar-refractivity contribution in [2.45, 2.75) is 26.4 Å². The molecule has 9 heteroatoms. The van der Waals surface area contributed by atoms with Crippen molar-refractivity contribution in [3.63, 3.8) is 0 Å². The standard InChI is InChI=1S/C15H28N8O/c1-12(2)20-14(24)10-22-5-7-23(8-6-22)15(16-3)17-9-13-18-11-19-21(13)4/h11-12H,5-10H2,1-4H3,(H,16,17)(H,20,24). The molecule has 1 saturated heterocycles. The summed E-state index contributed by atoms with van der Waals surface area (Å²) in [5, 5.41) is 10.3. The normalized spacial score (nSPS) is 16.5. The first-order chi connectivity index (χ1) is 11.5. The summed E-state index contributed by atoms with van der Waals surface area (Å²) in [6.45, 7) is 8.36. The maximum absolute atomic E-state index is 11.8. The molecule has 2 heterocycles. The quantitative estimate of drug-likeness (QED) is 0.531. The number of guanidine groups is 1. The van der Waals surface area contributed by atoms with Crippen molar-refractivity contribution < 1.29 is 4.79 Å². The number of aliphatic imine (C=N–C) groups is 1. The average molecular weight is 336 g/mol. The Balaban J connectivity index is 1.77. The van der Waals surface area contributed by atoms with E-state index in [0.717, 1.165) is 38.0 Å². The van der Waals surface area contributed by atoms with Crippen molar-refractivity contribution in [2.75, 3.05) is 39.8 Å². The van der Waals surface area contributed by atoms with Crippen LogP contribution in [-0.2, 0) is 18.4 Å². The molecule has 1 amide bonds. The number of piperazine rings is 1. The SMILES string of the molecule is CN=C(NCc1ncnn1C)N1CCN(CC(=O)NC(C)C)CC1. The van der Waals surface area contributed by atoms with Gasteiger partial charge in [-0.1, -0.05) is 0 Å². The summed E-state index contributed by atoms with van der Waals surface area (Å²) in [5.74, 6) is 1.80. The molecule has 0 bridgehead atoms. The van der Waals surface area contributed by atoms with Crippen LogP contribution in [0.15, 0.2) is 11.3 Å². The van der Waals surface area contributed by atoms with Gasteiger partial charge >= 0.3 is 0 Å². The van der Waals surface area contributed by atoms with Gasteiger partial charge in [0, 0.05) is 46.3 Å². The largest absolute Gasteiger partial charge is 0.353 e. The zero-order chi connectivity index (χ0) is 17.5. The third-order valence-electron chi connectivity index (χ3n) is 3.91. The van der Waals surface area contributed by atoms with Crippen molar-refractivity contribution in [1.82, 2.24) is 35.2 Å². The van der Waals surface area contributed by atoms with Crippen molar-refractivity contribution in [3.8, 4) is 0 Å². The molecule has 2 rings (SSSR count). The molecule has 1 aromatic heterocycles. The summed E-state index contributed by atoms with van der Waals surface area (Å²) >= 11 is 0. The molecular weight excluding hydrogens is 308 g/mol. The van der Waals surface area contributed by atoms with Crippen LogP contribution in [0, 0.1) is 0 Å². The highest BCUT2D eigenvalue weighted by atomic mass is 16.2. The van der Waals surface area contributed by atoms with Gasteiger partial charge in [0.2, 0.25) is 5.91 Å². The Morgan fingerprint density at radius 1 is 1.33 bits per heavy atom. The molecular formula is C15H28N8O. The van der Waals surface area contributed by atoms with E-state index in [-0.39, 0.29) is 11.9 Å². The van der Waals surface area contributed by atoms with E-state index in [2.05, 4.69) is 35.5 Å². The van der Waals surface area contributed by atoms with Gasteiger partial charge in [-0.15, -0.1) is 0 Å². The van der Waals surface area contributed by atoms with Crippen LogP contribution < -0.4 is 10.6 Å². The first-order valence-electron chi connectivity index (χ1n) is 8.29. The topological polar surface area (TPSA) is 90.7 Å². The second-order valence-electron chi connectivity index (χ2n) is 6.19. The van der Waals surface area contributed by atoms with Crippen molar-refractivity contribution >= 4 is 11.9 Å². The summed E-state index contributed by atoms with van der Waals surface area (Å²) in [6.07, 6.45) is 1.54. The minimum Gasteiger partial charge on any atom is -0.353 e. The molecule has 0 aliphatic carbocycles. The van der Waals surface area contributed by atoms with E-state index in [1.54, 1.807) is 18.1 Å². The highest BCUT2D eigenvalue weighted by Crippen LogP contribution is 2.03. The number of hydrogen-bond acceptors (Lipinski definition) is 5. The number of carbonyl (C=O) groups is 1. The van der Waals surface area contributed by atoms with Gasteiger partial charge in [0.15, 0.2) is 5.96 Å². The maximum Gasteiger partial charge on any atom is 0.234 e. The molecule has 0 spiro atoms. The highest BCUT2D eigenvalue weighted by Gasteiger charge is 2.21. The fraction of sp³-hybridized carbons (Fsp3) is 0.733. The van der Waals surface area contributed by atoms with Gasteiger partial charge < -0.3 is 15.5 Å². The van der Waals surface area contributed by atoms with Crippen molar-refractivity contribution in [2.24, 2.45) is 12.0 Å². The van der Waals surface area contributed by atoms with Crippen LogP contribution in [0.2, 0.25) is 0 Å². The maximum atomic E-state index is 11.8. The molecule has 0 atom stereocenters. The van der Waals surface area contributed by atoms with Crippen LogP contribution in [0.4, 0.5) is 0 Å². The summed E-state index contributed by atoms with van der Waals surface area (Å²) in [6, 6.07) is 0.183. The predicted octanol–water partition coefficient (Wildman–Crippen LogP) is -0.967. The van der Waals surface area contributed by atoms with E-state index in [0.29, 0.717) is 13.1 Å². The second-order valence-corrected chi connectivity index (χ2v) is 6.19. The van der Waals surface area contributed by atoms with Gasteiger partial charge in [0.1, 0.15) is 12.2 Å². The molecule has 1 aliphatic rings. The fourth-order valence-corrected chi connectivity index (χ4v) is 2.66. The van der Waals surface area contributed by atoms with E-state index >= 15 is 0 Å². The molecule has 0 aromatic carbocycles. The third kappa shape index (κ3) is 5.19. The lowest BCUT2D eigenvalue weighted by Crippen LogP contribution is -2.54. The molecule has 0 radical (unpaired) electrons. The number of hydrogen-bond donors (Lipinski definition) is 2. The second kappa shape index (κ2) is 8.62. The Labute approximate surface area is 143 Å². The molecule has 1 fully saturated rings. The first kappa shape index (κ1) is 18.2. The number of rotatable bonds is 5. The Bertz CT molecular complexity index is 560. The minimum atomic E-state index is 0.0863. The zero-order valence-electron chi connectivity index (χ0n) is 15.0. The van der Waals surface area contributed by atoms with Gasteiger partial charge in [-0.2, -0.15) is 5.10 Å². The smallest absolute Gasteiger partial charge is 0.234 e. The predicted molar refractivity (Wildman–Crippen MR) is 92.5 cm³/mol. The van der Waals surface area contributed by atoms with Crippen LogP contribution in [0.5, 0.6) is 0 Å². The lowest BCUT2D eigenvalue weighted by atomic mass is 10.3. The molecule has 0 saturated carbocycles. The van der Waals surface area contributed by atoms with Gasteiger partial charge in [0.25, 0.3) is 0 Å². The van der Waals surface area contributed by atoms with E-state index in [9.17, 15) is 4.79 Å². The summed E-state index contributed by atoms with van der Waals surface area (Å²) in [5.41, 5.74) is 0. The number of carbonyl (C=O) groups excluding carboxylic acids is 1. The Kier molecular flexibility index (Phi) is 6.53. The van der Waals surface area contributed by atoms with Crippen LogP contribution in [0.1, 0.15) is 19.7 Å². The molecule has 134 valence electrons. The summed E-state index contributed by atoms with van der Waals surface area (Å²) < 4.78 is 1.74. The van der Waals surface area contributed by atoms with E-state index in [1.807, 2.05) is 20.9 Å². The van der Waals surface area contributed by atoms with Crippen molar-refractivity contribution in [3.05, 3.63) is 12.2 Å². The molecule has 24 heavy (non-hydrogen) atoms. The number of nitrogens with one attached hydrogen (secondary N) is 2. The summed E-state index contributed by atoms with van der Waals surface area (Å²) in [7, 11) is 3.65. The Morgan fingerprint density at radius 3 is 2.58 bits per heavy atom. The molecule has 0 unspecified atom stereocenters. The number of nitrogens with zero attached hydrogens (tertiary/aromatic N) is 6. The van der Waals surface area contributed by atoms with Crippen LogP contribution >= 0.6 is 0 Å². The Morgan fingerprint density at radius 2 is 2.04 bits per heavy atom. The minimum absolute atomic E-state index is 0.0863. The van der Waals surface area contributed by atoms with Gasteiger partial charge in [-0.05, 0) is 13.8 Å². The number of aromatic nitrogens is 3. The first-order valence-corrected chi connectivity index (χ1v) is 8.29. The number of amides is 1. The van der Waals surface area contributed by atoms with E-state index < -0.39 is 0 Å². The van der Waals surface area contributed by atoms with E-state index in [4.69, 9.17) is 0 Å². The lowest BCUT2D eigenvalue weighted by molar-refractivity contribution is -0.123. The lowest BCUT2D eigenvalue weighted by Gasteiger charge is -2.36. The summed E-state index contributed by atoms with van der Waals surface area (Å²) in [4.78, 5) is 24.8. The number of aryl methyl sites for hydroxylation is 1. The van der Waals surface area contributed by atoms with E-state index in [1.165, 1.54) is 0 Å². The molecule has 9 nitrogen and oxygen atoms in total. The third-order valence-corrected chi connectivity index (χ3v) is 3.91. The van der Waals surface area contributed by atoms with Crippen LogP contribution in [-0.4, -0.2) is 82.2 Å². The van der Waals surface area contributed by atoms with Crippen LogP contribution in [0.3, 0.4) is 0 Å². The molecule has 2 N–H and O–H groups in total. The zero-order valence-corrected chi connectivity index (χ0v) is 15.0. The monoisotopic (exact) mass is 336 g/mol. The van der Waals surface area contributed by atoms with Gasteiger partial charge in [0.05, 0.1) is 13.1 Å². The van der Waals surface area contributed by atoms with Crippen molar-refractivity contribution in [1.29, 1.82) is 0 Å². The molecule has 1 aromatic rings. The fourth-order valence-electron chi connectivity index (χ4n) is 2.66. The van der Waals surface area contributed by atoms with Crippen LogP contribution in [0.25, 0.3) is 0 Å². The average Bonchev–Trinajstić information content (AvgIpc) is 2.94. The highest BCUT2D eigenvalue weighted by molar-refractivity contribution is 5.80.